The molecule has 0 N–H and O–H groups in total. The summed E-state index contributed by atoms with van der Waals surface area (Å²) in [6.45, 7) is 2.24. The summed E-state index contributed by atoms with van der Waals surface area (Å²) in [5.41, 5.74) is 2.88. The van der Waals surface area contributed by atoms with E-state index in [0.29, 0.717) is 11.8 Å². The molecule has 2 saturated carbocycles. The Kier molecular flexibility index (Phi) is 11.5. The van der Waals surface area contributed by atoms with E-state index < -0.39 is 5.83 Å². The first kappa shape index (κ1) is 27.2. The van der Waals surface area contributed by atoms with Gasteiger partial charge < -0.3 is 4.74 Å². The van der Waals surface area contributed by atoms with Crippen molar-refractivity contribution in [1.82, 2.24) is 0 Å². The molecule has 0 amide bonds. The molecule has 4 heteroatoms. The monoisotopic (exact) mass is 479 g/mol. The number of halogens is 1. The maximum atomic E-state index is 12.8. The lowest BCUT2D eigenvalue weighted by molar-refractivity contribution is -0.157. The minimum absolute atomic E-state index is 0.0142. The van der Waals surface area contributed by atoms with E-state index in [1.165, 1.54) is 49.0 Å². The van der Waals surface area contributed by atoms with E-state index in [1.54, 1.807) is 6.08 Å². The molecule has 0 radical (unpaired) electrons. The molecule has 0 bridgehead atoms. The van der Waals surface area contributed by atoms with Crippen molar-refractivity contribution in [3.8, 4) is 6.07 Å². The van der Waals surface area contributed by atoms with Crippen LogP contribution in [0.2, 0.25) is 0 Å². The summed E-state index contributed by atoms with van der Waals surface area (Å²) in [6, 6.07) is 10.7. The number of unbranched alkanes of at least 4 members (excludes halogenated alkanes) is 2. The Labute approximate surface area is 211 Å². The van der Waals surface area contributed by atoms with Crippen LogP contribution in [0.15, 0.2) is 48.3 Å². The summed E-state index contributed by atoms with van der Waals surface area (Å²) in [7, 11) is 0. The fourth-order valence-corrected chi connectivity index (χ4v) is 5.61. The highest BCUT2D eigenvalue weighted by atomic mass is 19.1. The number of carbonyl (C=O) groups is 1. The van der Waals surface area contributed by atoms with Crippen molar-refractivity contribution in [3.05, 3.63) is 59.4 Å². The summed E-state index contributed by atoms with van der Waals surface area (Å²) < 4.78 is 18.7. The standard InChI is InChI=1S/C31H42FNO2/c1-2-3-5-8-24-11-15-26(16-12-24)27-19-21-30(22-20-27)35-31(34)28-17-13-25(14-18-28)9-6-4-7-10-29(32)23-33/h4,7,10-12,15-16,25,27-28,30H,2-3,5-6,8-9,13-14,17-22H2,1H3. The molecule has 0 heterocycles. The highest BCUT2D eigenvalue weighted by molar-refractivity contribution is 5.72. The van der Waals surface area contributed by atoms with Crippen molar-refractivity contribution in [2.75, 3.05) is 0 Å². The van der Waals surface area contributed by atoms with Gasteiger partial charge in [-0.05, 0) is 106 Å². The number of aryl methyl sites for hydroxylation is 1. The average molecular weight is 480 g/mol. The van der Waals surface area contributed by atoms with Gasteiger partial charge in [0, 0.05) is 0 Å². The SMILES string of the molecule is CCCCCc1ccc(C2CCC(OC(=O)C3CCC(CCC=CC=C(F)C#N)CC3)CC2)cc1. The van der Waals surface area contributed by atoms with E-state index in [1.807, 2.05) is 6.08 Å². The van der Waals surface area contributed by atoms with E-state index in [9.17, 15) is 9.18 Å². The van der Waals surface area contributed by atoms with Crippen LogP contribution in [0, 0.1) is 23.2 Å². The fourth-order valence-electron chi connectivity index (χ4n) is 5.61. The molecular weight excluding hydrogens is 437 g/mol. The highest BCUT2D eigenvalue weighted by Crippen LogP contribution is 2.36. The van der Waals surface area contributed by atoms with Gasteiger partial charge in [-0.15, -0.1) is 0 Å². The molecule has 2 aliphatic carbocycles. The maximum absolute atomic E-state index is 12.8. The summed E-state index contributed by atoms with van der Waals surface area (Å²) in [6.07, 6.45) is 19.8. The van der Waals surface area contributed by atoms with Gasteiger partial charge in [0.15, 0.2) is 5.83 Å². The zero-order chi connectivity index (χ0) is 24.9. The van der Waals surface area contributed by atoms with Crippen LogP contribution in [0.3, 0.4) is 0 Å². The second kappa shape index (κ2) is 14.9. The number of hydrogen-bond acceptors (Lipinski definition) is 3. The lowest BCUT2D eigenvalue weighted by atomic mass is 9.79. The number of benzene rings is 1. The van der Waals surface area contributed by atoms with E-state index in [-0.39, 0.29) is 18.0 Å². The number of hydrogen-bond donors (Lipinski definition) is 0. The molecule has 0 saturated heterocycles. The largest absolute Gasteiger partial charge is 0.462 e. The summed E-state index contributed by atoms with van der Waals surface area (Å²) >= 11 is 0. The number of ether oxygens (including phenoxy) is 1. The number of allylic oxidation sites excluding steroid dienone is 4. The van der Waals surface area contributed by atoms with Gasteiger partial charge in [-0.3, -0.25) is 4.79 Å². The van der Waals surface area contributed by atoms with E-state index in [4.69, 9.17) is 10.00 Å². The van der Waals surface area contributed by atoms with Gasteiger partial charge >= 0.3 is 5.97 Å². The van der Waals surface area contributed by atoms with Crippen LogP contribution in [0.1, 0.15) is 107 Å². The zero-order valence-electron chi connectivity index (χ0n) is 21.4. The van der Waals surface area contributed by atoms with Crippen molar-refractivity contribution in [2.24, 2.45) is 11.8 Å². The Hall–Kier alpha value is -2.41. The van der Waals surface area contributed by atoms with Crippen molar-refractivity contribution in [2.45, 2.75) is 109 Å². The first-order valence-corrected chi connectivity index (χ1v) is 13.8. The molecule has 2 fully saturated rings. The molecule has 0 spiro atoms. The van der Waals surface area contributed by atoms with Crippen LogP contribution < -0.4 is 0 Å². The van der Waals surface area contributed by atoms with Gasteiger partial charge in [0.05, 0.1) is 5.92 Å². The molecule has 35 heavy (non-hydrogen) atoms. The smallest absolute Gasteiger partial charge is 0.309 e. The molecule has 0 aliphatic heterocycles. The van der Waals surface area contributed by atoms with Crippen LogP contribution in [0.25, 0.3) is 0 Å². The summed E-state index contributed by atoms with van der Waals surface area (Å²) in [4.78, 5) is 12.8. The third-order valence-electron chi connectivity index (χ3n) is 7.88. The van der Waals surface area contributed by atoms with Gasteiger partial charge in [-0.1, -0.05) is 56.2 Å². The van der Waals surface area contributed by atoms with Crippen LogP contribution in [-0.2, 0) is 16.0 Å². The van der Waals surface area contributed by atoms with Crippen LogP contribution in [0.5, 0.6) is 0 Å². The zero-order valence-corrected chi connectivity index (χ0v) is 21.4. The number of nitriles is 1. The summed E-state index contributed by atoms with van der Waals surface area (Å²) in [5.74, 6) is 0.501. The van der Waals surface area contributed by atoms with Crippen LogP contribution in [-0.4, -0.2) is 12.1 Å². The third-order valence-corrected chi connectivity index (χ3v) is 7.88. The molecule has 190 valence electrons. The number of esters is 1. The average Bonchev–Trinajstić information content (AvgIpc) is 2.89. The second-order valence-corrected chi connectivity index (χ2v) is 10.5. The van der Waals surface area contributed by atoms with Crippen LogP contribution >= 0.6 is 0 Å². The van der Waals surface area contributed by atoms with Crippen molar-refractivity contribution < 1.29 is 13.9 Å². The Bertz CT molecular complexity index is 866. The molecule has 1 aromatic carbocycles. The molecule has 1 aromatic rings. The van der Waals surface area contributed by atoms with Gasteiger partial charge in [-0.2, -0.15) is 9.65 Å². The molecule has 3 rings (SSSR count). The molecule has 0 unspecified atom stereocenters. The number of carbonyl (C=O) groups excluding carboxylic acids is 1. The molecule has 0 atom stereocenters. The van der Waals surface area contributed by atoms with E-state index in [2.05, 4.69) is 31.2 Å². The fraction of sp³-hybridized carbons (Fsp3) is 0.613. The normalized spacial score (nSPS) is 25.3. The quantitative estimate of drug-likeness (QED) is 0.138. The Balaban J connectivity index is 1.32. The third kappa shape index (κ3) is 9.28. The Morgan fingerprint density at radius 1 is 1.06 bits per heavy atom. The molecular formula is C31H42FNO2. The first-order valence-electron chi connectivity index (χ1n) is 13.8. The van der Waals surface area contributed by atoms with Gasteiger partial charge in [0.1, 0.15) is 12.2 Å². The lowest BCUT2D eigenvalue weighted by Crippen LogP contribution is -2.29. The Morgan fingerprint density at radius 3 is 2.43 bits per heavy atom. The number of rotatable bonds is 11. The van der Waals surface area contributed by atoms with Crippen molar-refractivity contribution in [3.63, 3.8) is 0 Å². The lowest BCUT2D eigenvalue weighted by Gasteiger charge is -2.31. The summed E-state index contributed by atoms with van der Waals surface area (Å²) in [5, 5.41) is 8.40. The predicted molar refractivity (Wildman–Crippen MR) is 139 cm³/mol. The van der Waals surface area contributed by atoms with Crippen LogP contribution in [0.4, 0.5) is 4.39 Å². The molecule has 3 nitrogen and oxygen atoms in total. The van der Waals surface area contributed by atoms with E-state index >= 15 is 0 Å². The minimum Gasteiger partial charge on any atom is -0.462 e. The van der Waals surface area contributed by atoms with Crippen molar-refractivity contribution >= 4 is 5.97 Å². The van der Waals surface area contributed by atoms with Crippen molar-refractivity contribution in [1.29, 1.82) is 5.26 Å². The first-order chi connectivity index (χ1) is 17.1. The van der Waals surface area contributed by atoms with Gasteiger partial charge in [-0.25, -0.2) is 0 Å². The Morgan fingerprint density at radius 2 is 1.77 bits per heavy atom. The van der Waals surface area contributed by atoms with E-state index in [0.717, 1.165) is 64.2 Å². The second-order valence-electron chi connectivity index (χ2n) is 10.5. The molecule has 2 aliphatic rings. The van der Waals surface area contributed by atoms with Gasteiger partial charge in [0.25, 0.3) is 0 Å². The topological polar surface area (TPSA) is 50.1 Å². The van der Waals surface area contributed by atoms with Gasteiger partial charge in [0.2, 0.25) is 0 Å². The predicted octanol–water partition coefficient (Wildman–Crippen LogP) is 8.51. The molecule has 0 aromatic heterocycles. The maximum Gasteiger partial charge on any atom is 0.309 e. The number of nitrogens with zero attached hydrogens (tertiary/aromatic N) is 1. The highest BCUT2D eigenvalue weighted by Gasteiger charge is 2.30. The minimum atomic E-state index is -0.763.